The monoisotopic (exact) mass is 567 g/mol. The highest BCUT2D eigenvalue weighted by Gasteiger charge is 2.48. The lowest BCUT2D eigenvalue weighted by atomic mass is 9.54. The minimum Gasteiger partial charge on any atom is -0.466 e. The zero-order valence-corrected chi connectivity index (χ0v) is 23.6. The van der Waals surface area contributed by atoms with Crippen LogP contribution in [0.15, 0.2) is 35.3 Å². The number of pyridine rings is 1. The highest BCUT2D eigenvalue weighted by atomic mass is 16.5. The summed E-state index contributed by atoms with van der Waals surface area (Å²) in [5, 5.41) is 11.8. The fourth-order valence-electron chi connectivity index (χ4n) is 7.47. The lowest BCUT2D eigenvalue weighted by Crippen LogP contribution is -2.56. The normalized spacial score (nSPS) is 28.8. The predicted octanol–water partition coefficient (Wildman–Crippen LogP) is 1.33. The number of amides is 3. The number of methoxy groups -OCH3 is 1. The molecule has 1 unspecified atom stereocenters. The minimum absolute atomic E-state index is 0.0341. The van der Waals surface area contributed by atoms with E-state index < -0.39 is 23.5 Å². The van der Waals surface area contributed by atoms with Crippen molar-refractivity contribution in [3.63, 3.8) is 0 Å². The van der Waals surface area contributed by atoms with Gasteiger partial charge in [0.05, 0.1) is 13.0 Å². The number of allylic oxidation sites excluding steroid dienone is 1. The smallest absolute Gasteiger partial charge is 0.330 e. The van der Waals surface area contributed by atoms with E-state index >= 15 is 0 Å². The fraction of sp³-hybridized carbons (Fsp3) is 0.633. The molecule has 4 saturated carbocycles. The Kier molecular flexibility index (Phi) is 9.22. The summed E-state index contributed by atoms with van der Waals surface area (Å²) in [5.74, 6) is 0.964. The maximum Gasteiger partial charge on any atom is 0.330 e. The largest absolute Gasteiger partial charge is 0.466 e. The number of carbonyl (C=O) groups is 4. The van der Waals surface area contributed by atoms with E-state index in [0.717, 1.165) is 18.4 Å². The van der Waals surface area contributed by atoms with Gasteiger partial charge >= 0.3 is 5.97 Å². The van der Waals surface area contributed by atoms with Crippen LogP contribution in [0.4, 0.5) is 5.69 Å². The van der Waals surface area contributed by atoms with Crippen LogP contribution >= 0.6 is 0 Å². The standard InChI is InChI=1S/C30H41N5O6/c1-41-26(37)7-3-2-5-23(32-28(38)20-8-9-31-16-20)29(39)33-24-6-4-10-35(30(24)40)17-25(36)34-27-21-12-18-11-19(14-21)15-22(27)13-18/h3-4,6-7,10,18-23,27,31H,2,5,8-9,11-17H2,1H3,(H,32,38)(H,33,39)(H,34,36)/b7-3+/t18?,19?,20-,21?,22?,23?,27?/m0/s1. The van der Waals surface area contributed by atoms with Crippen molar-refractivity contribution in [2.24, 2.45) is 29.6 Å². The topological polar surface area (TPSA) is 148 Å². The Hall–Kier alpha value is -3.47. The molecule has 4 N–H and O–H groups in total. The fourth-order valence-corrected chi connectivity index (χ4v) is 7.47. The zero-order chi connectivity index (χ0) is 28.9. The van der Waals surface area contributed by atoms with Crippen LogP contribution in [0, 0.1) is 29.6 Å². The predicted molar refractivity (Wildman–Crippen MR) is 152 cm³/mol. The Morgan fingerprint density at radius 1 is 1.12 bits per heavy atom. The van der Waals surface area contributed by atoms with Gasteiger partial charge in [-0.2, -0.15) is 0 Å². The van der Waals surface area contributed by atoms with Gasteiger partial charge in [0.2, 0.25) is 17.7 Å². The molecule has 41 heavy (non-hydrogen) atoms. The first kappa shape index (κ1) is 29.0. The molecule has 4 bridgehead atoms. The summed E-state index contributed by atoms with van der Waals surface area (Å²) in [7, 11) is 1.28. The third-order valence-corrected chi connectivity index (χ3v) is 9.29. The van der Waals surface area contributed by atoms with Gasteiger partial charge in [0.15, 0.2) is 0 Å². The maximum absolute atomic E-state index is 13.3. The molecule has 1 saturated heterocycles. The van der Waals surface area contributed by atoms with Gasteiger partial charge in [0.25, 0.3) is 5.56 Å². The van der Waals surface area contributed by atoms with Crippen LogP contribution in [0.1, 0.15) is 51.4 Å². The molecule has 222 valence electrons. The van der Waals surface area contributed by atoms with Crippen LogP contribution < -0.4 is 26.8 Å². The van der Waals surface area contributed by atoms with Crippen molar-refractivity contribution in [1.82, 2.24) is 20.5 Å². The van der Waals surface area contributed by atoms with E-state index in [-0.39, 0.29) is 42.4 Å². The van der Waals surface area contributed by atoms with Crippen LogP contribution in [0.3, 0.4) is 0 Å². The second-order valence-corrected chi connectivity index (χ2v) is 12.1. The number of carbonyl (C=O) groups excluding carboxylic acids is 4. The Labute approximate surface area is 239 Å². The molecule has 5 aliphatic rings. The number of esters is 1. The second-order valence-electron chi connectivity index (χ2n) is 12.1. The molecule has 0 radical (unpaired) electrons. The van der Waals surface area contributed by atoms with Crippen molar-refractivity contribution >= 4 is 29.4 Å². The molecule has 0 spiro atoms. The quantitative estimate of drug-likeness (QED) is 0.233. The number of hydrogen-bond acceptors (Lipinski definition) is 7. The van der Waals surface area contributed by atoms with Gasteiger partial charge in [0.1, 0.15) is 18.3 Å². The van der Waals surface area contributed by atoms with E-state index in [0.29, 0.717) is 31.2 Å². The lowest BCUT2D eigenvalue weighted by Gasteiger charge is -2.54. The van der Waals surface area contributed by atoms with E-state index in [1.165, 1.54) is 55.9 Å². The van der Waals surface area contributed by atoms with Crippen molar-refractivity contribution in [3.05, 3.63) is 40.8 Å². The van der Waals surface area contributed by atoms with Crippen molar-refractivity contribution in [2.75, 3.05) is 25.5 Å². The molecule has 6 rings (SSSR count). The average molecular weight is 568 g/mol. The highest BCUT2D eigenvalue weighted by molar-refractivity contribution is 5.97. The van der Waals surface area contributed by atoms with Crippen molar-refractivity contribution in [3.8, 4) is 0 Å². The number of ether oxygens (including phenoxy) is 1. The molecule has 1 aromatic rings. The SMILES string of the molecule is COC(=O)/C=C/CCC(NC(=O)[C@H]1CCNC1)C(=O)Nc1cccn(CC(=O)NC2C3CC4CC(C3)CC2C4)c1=O. The van der Waals surface area contributed by atoms with E-state index in [4.69, 9.17) is 0 Å². The Bertz CT molecular complexity index is 1210. The summed E-state index contributed by atoms with van der Waals surface area (Å²) in [6, 6.07) is 2.37. The molecular weight excluding hydrogens is 526 g/mol. The number of hydrogen-bond donors (Lipinski definition) is 4. The van der Waals surface area contributed by atoms with Crippen LogP contribution in [-0.2, 0) is 30.5 Å². The third kappa shape index (κ3) is 7.06. The van der Waals surface area contributed by atoms with E-state index in [1.54, 1.807) is 18.3 Å². The van der Waals surface area contributed by atoms with Crippen molar-refractivity contribution in [1.29, 1.82) is 0 Å². The van der Waals surface area contributed by atoms with Gasteiger partial charge in [0, 0.05) is 24.9 Å². The summed E-state index contributed by atoms with van der Waals surface area (Å²) in [6.07, 6.45) is 11.7. The first-order valence-electron chi connectivity index (χ1n) is 14.9. The van der Waals surface area contributed by atoms with Gasteiger partial charge in [-0.25, -0.2) is 4.79 Å². The van der Waals surface area contributed by atoms with Gasteiger partial charge in [-0.05, 0) is 93.7 Å². The minimum atomic E-state index is -0.918. The number of anilines is 1. The highest BCUT2D eigenvalue weighted by Crippen LogP contribution is 2.53. The second kappa shape index (κ2) is 13.0. The summed E-state index contributed by atoms with van der Waals surface area (Å²) in [4.78, 5) is 63.6. The molecule has 3 amide bonds. The molecule has 2 heterocycles. The zero-order valence-electron chi connectivity index (χ0n) is 23.6. The summed E-state index contributed by atoms with van der Waals surface area (Å²) in [5.41, 5.74) is -0.455. The van der Waals surface area contributed by atoms with Crippen LogP contribution in [0.2, 0.25) is 0 Å². The summed E-state index contributed by atoms with van der Waals surface area (Å²) < 4.78 is 5.89. The molecule has 11 heteroatoms. The molecule has 1 aromatic heterocycles. The number of aromatic nitrogens is 1. The van der Waals surface area contributed by atoms with Gasteiger partial charge in [-0.1, -0.05) is 6.08 Å². The van der Waals surface area contributed by atoms with Gasteiger partial charge in [-0.3, -0.25) is 19.2 Å². The molecule has 2 atom stereocenters. The first-order chi connectivity index (χ1) is 19.8. The van der Waals surface area contributed by atoms with Crippen LogP contribution in [-0.4, -0.2) is 60.5 Å². The average Bonchev–Trinajstić information content (AvgIpc) is 3.49. The summed E-state index contributed by atoms with van der Waals surface area (Å²) in [6.45, 7) is 1.15. The number of nitrogens with one attached hydrogen (secondary N) is 4. The molecule has 0 aromatic carbocycles. The molecular formula is C30H41N5O6. The Morgan fingerprint density at radius 3 is 2.51 bits per heavy atom. The van der Waals surface area contributed by atoms with E-state index in [1.807, 2.05) is 0 Å². The number of rotatable bonds is 11. The summed E-state index contributed by atoms with van der Waals surface area (Å²) >= 11 is 0. The molecule has 11 nitrogen and oxygen atoms in total. The van der Waals surface area contributed by atoms with E-state index in [2.05, 4.69) is 26.0 Å². The van der Waals surface area contributed by atoms with Gasteiger partial charge < -0.3 is 30.6 Å². The third-order valence-electron chi connectivity index (χ3n) is 9.29. The molecule has 4 aliphatic carbocycles. The first-order valence-corrected chi connectivity index (χ1v) is 14.9. The van der Waals surface area contributed by atoms with Crippen LogP contribution in [0.5, 0.6) is 0 Å². The van der Waals surface area contributed by atoms with Gasteiger partial charge in [-0.15, -0.1) is 0 Å². The maximum atomic E-state index is 13.3. The van der Waals surface area contributed by atoms with Crippen LogP contribution in [0.25, 0.3) is 0 Å². The molecule has 5 fully saturated rings. The van der Waals surface area contributed by atoms with Crippen molar-refractivity contribution in [2.45, 2.75) is 70.0 Å². The van der Waals surface area contributed by atoms with E-state index in [9.17, 15) is 24.0 Å². The Balaban J connectivity index is 1.21. The Morgan fingerprint density at radius 2 is 1.85 bits per heavy atom. The number of nitrogens with zero attached hydrogens (tertiary/aromatic N) is 1. The molecule has 1 aliphatic heterocycles. The van der Waals surface area contributed by atoms with Crippen molar-refractivity contribution < 1.29 is 23.9 Å². The lowest BCUT2D eigenvalue weighted by molar-refractivity contribution is -0.135.